The number of carbonyl (C=O) groups excluding carboxylic acids is 1. The Hall–Kier alpha value is -2.62. The molecule has 1 heterocycles. The first-order valence-electron chi connectivity index (χ1n) is 8.31. The van der Waals surface area contributed by atoms with Crippen LogP contribution in [0.2, 0.25) is 0 Å². The van der Waals surface area contributed by atoms with Gasteiger partial charge in [0, 0.05) is 29.6 Å². The molecule has 124 valence electrons. The monoisotopic (exact) mass is 324 g/mol. The van der Waals surface area contributed by atoms with Crippen LogP contribution < -0.4 is 5.32 Å². The molecule has 0 unspecified atom stereocenters. The Bertz CT molecular complexity index is 836. The number of H-pyrrole nitrogens is 1. The number of nitrogens with one attached hydrogen (secondary N) is 2. The average Bonchev–Trinajstić information content (AvgIpc) is 2.97. The number of fused-ring (bicyclic) bond motifs is 1. The fourth-order valence-electron chi connectivity index (χ4n) is 2.91. The van der Waals surface area contributed by atoms with Gasteiger partial charge in [0.25, 0.3) is 0 Å². The summed E-state index contributed by atoms with van der Waals surface area (Å²) in [6.45, 7) is 2.74. The van der Waals surface area contributed by atoms with Gasteiger partial charge in [0.2, 0.25) is 5.91 Å². The number of aromatic amines is 1. The quantitative estimate of drug-likeness (QED) is 0.692. The highest BCUT2D eigenvalue weighted by molar-refractivity contribution is 5.91. The van der Waals surface area contributed by atoms with Gasteiger partial charge < -0.3 is 10.3 Å². The van der Waals surface area contributed by atoms with Gasteiger partial charge in [-0.1, -0.05) is 25.1 Å². The average molecular weight is 324 g/mol. The molecule has 2 aromatic carbocycles. The van der Waals surface area contributed by atoms with E-state index in [1.807, 2.05) is 25.1 Å². The maximum atomic E-state index is 13.2. The standard InChI is InChI=1S/C20H21FN2O/c1-2-13-22-19(24)12-11-17-16-5-3-4-6-18(16)23-20(17)14-7-9-15(21)10-8-14/h3-10,23H,2,11-13H2,1H3,(H,22,24). The maximum Gasteiger partial charge on any atom is 0.220 e. The Morgan fingerprint density at radius 3 is 2.62 bits per heavy atom. The molecule has 0 radical (unpaired) electrons. The van der Waals surface area contributed by atoms with Gasteiger partial charge in [-0.2, -0.15) is 0 Å². The second kappa shape index (κ2) is 7.30. The number of rotatable bonds is 6. The number of carbonyl (C=O) groups is 1. The second-order valence-electron chi connectivity index (χ2n) is 5.88. The number of hydrogen-bond donors (Lipinski definition) is 2. The molecule has 3 nitrogen and oxygen atoms in total. The fourth-order valence-corrected chi connectivity index (χ4v) is 2.91. The molecule has 3 rings (SSSR count). The number of halogens is 1. The van der Waals surface area contributed by atoms with E-state index in [0.717, 1.165) is 34.1 Å². The summed E-state index contributed by atoms with van der Waals surface area (Å²) in [5.41, 5.74) is 4.01. The summed E-state index contributed by atoms with van der Waals surface area (Å²) in [6, 6.07) is 14.5. The summed E-state index contributed by atoms with van der Waals surface area (Å²) in [5, 5.41) is 4.02. The van der Waals surface area contributed by atoms with Crippen LogP contribution in [0, 0.1) is 5.82 Å². The van der Waals surface area contributed by atoms with Gasteiger partial charge in [0.15, 0.2) is 0 Å². The lowest BCUT2D eigenvalue weighted by Gasteiger charge is -2.06. The number of benzene rings is 2. The van der Waals surface area contributed by atoms with Crippen LogP contribution in [0.15, 0.2) is 48.5 Å². The molecule has 1 aromatic heterocycles. The van der Waals surface area contributed by atoms with Crippen LogP contribution >= 0.6 is 0 Å². The van der Waals surface area contributed by atoms with Crippen LogP contribution in [0.3, 0.4) is 0 Å². The summed E-state index contributed by atoms with van der Waals surface area (Å²) in [6.07, 6.45) is 2.02. The number of para-hydroxylation sites is 1. The van der Waals surface area contributed by atoms with E-state index in [4.69, 9.17) is 0 Å². The van der Waals surface area contributed by atoms with Crippen LogP contribution in [0.5, 0.6) is 0 Å². The Morgan fingerprint density at radius 2 is 1.88 bits per heavy atom. The van der Waals surface area contributed by atoms with Crippen molar-refractivity contribution >= 4 is 16.8 Å². The molecule has 3 aromatic rings. The number of aryl methyl sites for hydroxylation is 1. The topological polar surface area (TPSA) is 44.9 Å². The molecule has 0 spiro atoms. The highest BCUT2D eigenvalue weighted by atomic mass is 19.1. The fraction of sp³-hybridized carbons (Fsp3) is 0.250. The van der Waals surface area contributed by atoms with E-state index in [0.29, 0.717) is 19.4 Å². The van der Waals surface area contributed by atoms with E-state index in [1.165, 1.54) is 12.1 Å². The summed E-state index contributed by atoms with van der Waals surface area (Å²) < 4.78 is 13.2. The molecule has 1 amide bonds. The third kappa shape index (κ3) is 3.48. The zero-order valence-electron chi connectivity index (χ0n) is 13.7. The Balaban J connectivity index is 1.93. The molecule has 0 saturated carbocycles. The zero-order chi connectivity index (χ0) is 16.9. The van der Waals surface area contributed by atoms with Crippen molar-refractivity contribution in [3.8, 4) is 11.3 Å². The van der Waals surface area contributed by atoms with Crippen molar-refractivity contribution in [3.63, 3.8) is 0 Å². The molecular formula is C20H21FN2O. The van der Waals surface area contributed by atoms with Crippen LogP contribution in [-0.4, -0.2) is 17.4 Å². The molecule has 0 aliphatic carbocycles. The lowest BCUT2D eigenvalue weighted by molar-refractivity contribution is -0.121. The lowest BCUT2D eigenvalue weighted by atomic mass is 10.0. The van der Waals surface area contributed by atoms with E-state index in [-0.39, 0.29) is 11.7 Å². The van der Waals surface area contributed by atoms with Crippen molar-refractivity contribution in [1.82, 2.24) is 10.3 Å². The normalized spacial score (nSPS) is 10.9. The summed E-state index contributed by atoms with van der Waals surface area (Å²) in [5.74, 6) is -0.192. The Morgan fingerprint density at radius 1 is 1.12 bits per heavy atom. The van der Waals surface area contributed by atoms with Crippen molar-refractivity contribution in [2.45, 2.75) is 26.2 Å². The third-order valence-electron chi connectivity index (χ3n) is 4.12. The van der Waals surface area contributed by atoms with E-state index >= 15 is 0 Å². The molecule has 24 heavy (non-hydrogen) atoms. The third-order valence-corrected chi connectivity index (χ3v) is 4.12. The van der Waals surface area contributed by atoms with E-state index in [1.54, 1.807) is 12.1 Å². The van der Waals surface area contributed by atoms with Crippen LogP contribution in [0.1, 0.15) is 25.3 Å². The highest BCUT2D eigenvalue weighted by Crippen LogP contribution is 2.31. The van der Waals surface area contributed by atoms with Crippen molar-refractivity contribution in [3.05, 3.63) is 59.9 Å². The molecule has 0 fully saturated rings. The smallest absolute Gasteiger partial charge is 0.220 e. The van der Waals surface area contributed by atoms with Gasteiger partial charge in [-0.15, -0.1) is 0 Å². The van der Waals surface area contributed by atoms with Gasteiger partial charge in [-0.25, -0.2) is 4.39 Å². The summed E-state index contributed by atoms with van der Waals surface area (Å²) in [7, 11) is 0. The predicted molar refractivity (Wildman–Crippen MR) is 95.3 cm³/mol. The molecule has 0 aliphatic heterocycles. The predicted octanol–water partition coefficient (Wildman–Crippen LogP) is 4.43. The first kappa shape index (κ1) is 16.2. The van der Waals surface area contributed by atoms with E-state index < -0.39 is 0 Å². The Kier molecular flexibility index (Phi) is 4.94. The number of hydrogen-bond acceptors (Lipinski definition) is 1. The minimum atomic E-state index is -0.254. The van der Waals surface area contributed by atoms with E-state index in [9.17, 15) is 9.18 Å². The van der Waals surface area contributed by atoms with Crippen LogP contribution in [-0.2, 0) is 11.2 Å². The van der Waals surface area contributed by atoms with Crippen LogP contribution in [0.4, 0.5) is 4.39 Å². The molecule has 0 bridgehead atoms. The lowest BCUT2D eigenvalue weighted by Crippen LogP contribution is -2.24. The van der Waals surface area contributed by atoms with Crippen LogP contribution in [0.25, 0.3) is 22.2 Å². The highest BCUT2D eigenvalue weighted by Gasteiger charge is 2.14. The SMILES string of the molecule is CCCNC(=O)CCc1c(-c2ccc(F)cc2)[nH]c2ccccc12. The maximum absolute atomic E-state index is 13.2. The molecule has 4 heteroatoms. The molecule has 0 aliphatic rings. The first-order valence-corrected chi connectivity index (χ1v) is 8.31. The Labute approximate surface area is 140 Å². The van der Waals surface area contributed by atoms with E-state index in [2.05, 4.69) is 16.4 Å². The van der Waals surface area contributed by atoms with Gasteiger partial charge in [0.1, 0.15) is 5.82 Å². The summed E-state index contributed by atoms with van der Waals surface area (Å²) in [4.78, 5) is 15.4. The summed E-state index contributed by atoms with van der Waals surface area (Å²) >= 11 is 0. The number of aromatic nitrogens is 1. The largest absolute Gasteiger partial charge is 0.356 e. The molecule has 0 atom stereocenters. The van der Waals surface area contributed by atoms with Crippen molar-refractivity contribution in [2.24, 2.45) is 0 Å². The first-order chi connectivity index (χ1) is 11.7. The van der Waals surface area contributed by atoms with Gasteiger partial charge in [-0.3, -0.25) is 4.79 Å². The van der Waals surface area contributed by atoms with Gasteiger partial charge in [0.05, 0.1) is 0 Å². The van der Waals surface area contributed by atoms with Crippen molar-refractivity contribution in [1.29, 1.82) is 0 Å². The second-order valence-corrected chi connectivity index (χ2v) is 5.88. The number of amides is 1. The van der Waals surface area contributed by atoms with Crippen molar-refractivity contribution in [2.75, 3.05) is 6.54 Å². The minimum absolute atomic E-state index is 0.0622. The molecule has 0 saturated heterocycles. The zero-order valence-corrected chi connectivity index (χ0v) is 13.7. The molecule has 2 N–H and O–H groups in total. The molecular weight excluding hydrogens is 303 g/mol. The van der Waals surface area contributed by atoms with Crippen molar-refractivity contribution < 1.29 is 9.18 Å². The van der Waals surface area contributed by atoms with Gasteiger partial charge in [-0.05, 0) is 54.3 Å². The minimum Gasteiger partial charge on any atom is -0.356 e. The van der Waals surface area contributed by atoms with Gasteiger partial charge >= 0.3 is 0 Å².